The van der Waals surface area contributed by atoms with E-state index in [0.29, 0.717) is 25.7 Å². The molecule has 6 atom stereocenters. The van der Waals surface area contributed by atoms with Crippen LogP contribution in [0.1, 0.15) is 362 Å². The van der Waals surface area contributed by atoms with Crippen molar-refractivity contribution in [2.45, 2.75) is 380 Å². The zero-order valence-corrected chi connectivity index (χ0v) is 59.4. The van der Waals surface area contributed by atoms with E-state index in [9.17, 15) is 43.2 Å². The second-order valence-electron chi connectivity index (χ2n) is 25.5. The summed E-state index contributed by atoms with van der Waals surface area (Å²) < 4.78 is 68.3. The molecule has 17 nitrogen and oxygen atoms in total. The number of aliphatic hydroxyl groups excluding tert-OH is 1. The average molecular weight is 1310 g/mol. The summed E-state index contributed by atoms with van der Waals surface area (Å²) in [5, 5.41) is 10.6. The highest BCUT2D eigenvalue weighted by atomic mass is 31.2. The fraction of sp³-hybridized carbons (Fsp3) is 0.943. The standard InChI is InChI=1S/C70H136O17P2/c1-6-10-13-16-19-22-25-27-29-31-33-36-39-45-50-55-69(74)86-65(59-80-68(73)54-49-44-38-35-32-30-28-26-23-20-17-14-11-7-2)61-84-88(76,77)82-57-64(71)58-83-89(78,79)85-62-66(87-70(75)56-51-46-41-40-42-47-52-63(5)9-4)60-81-67(72)53-48-43-37-34-24-21-18-15-12-8-3/h63-66,71H,6-62H2,1-5H3,(H,76,77)(H,78,79)/t63?,64-,65-,66-/m1/s1. The maximum absolute atomic E-state index is 13.0. The van der Waals surface area contributed by atoms with Crippen molar-refractivity contribution in [3.63, 3.8) is 0 Å². The number of carbonyl (C=O) groups is 4. The fourth-order valence-electron chi connectivity index (χ4n) is 10.6. The number of phosphoric acid groups is 2. The zero-order chi connectivity index (χ0) is 65.6. The molecule has 0 aliphatic carbocycles. The molecule has 0 saturated carbocycles. The Morgan fingerprint density at radius 1 is 0.315 bits per heavy atom. The SMILES string of the molecule is CCCCCCCCCCCCCCCCCC(=O)O[C@H](COC(=O)CCCCCCCCCCCCCCCC)COP(=O)(O)OC[C@@H](O)COP(=O)(O)OC[C@@H](COC(=O)CCCCCCCCCCCC)OC(=O)CCCCCCCCC(C)CC. The first-order valence-electron chi connectivity index (χ1n) is 36.7. The maximum Gasteiger partial charge on any atom is 0.472 e. The van der Waals surface area contributed by atoms with Crippen LogP contribution < -0.4 is 0 Å². The van der Waals surface area contributed by atoms with Gasteiger partial charge in [0.25, 0.3) is 0 Å². The average Bonchev–Trinajstić information content (AvgIpc) is 3.52. The minimum absolute atomic E-state index is 0.103. The Labute approximate surface area is 543 Å². The molecule has 89 heavy (non-hydrogen) atoms. The molecule has 3 unspecified atom stereocenters. The van der Waals surface area contributed by atoms with Crippen LogP contribution in [0.4, 0.5) is 0 Å². The van der Waals surface area contributed by atoms with E-state index in [-0.39, 0.29) is 25.7 Å². The number of phosphoric ester groups is 2. The van der Waals surface area contributed by atoms with E-state index in [1.54, 1.807) is 0 Å². The van der Waals surface area contributed by atoms with E-state index in [2.05, 4.69) is 34.6 Å². The van der Waals surface area contributed by atoms with Gasteiger partial charge in [0.2, 0.25) is 0 Å². The molecule has 19 heteroatoms. The number of aliphatic hydroxyl groups is 1. The predicted molar refractivity (Wildman–Crippen MR) is 358 cm³/mol. The molecule has 0 radical (unpaired) electrons. The van der Waals surface area contributed by atoms with Crippen molar-refractivity contribution in [2.24, 2.45) is 5.92 Å². The second kappa shape index (κ2) is 63.5. The normalized spacial score (nSPS) is 14.4. The van der Waals surface area contributed by atoms with Crippen molar-refractivity contribution in [3.8, 4) is 0 Å². The van der Waals surface area contributed by atoms with Crippen LogP contribution in [0.15, 0.2) is 0 Å². The highest BCUT2D eigenvalue weighted by Gasteiger charge is 2.30. The Morgan fingerprint density at radius 2 is 0.539 bits per heavy atom. The fourth-order valence-corrected chi connectivity index (χ4v) is 12.2. The van der Waals surface area contributed by atoms with Crippen molar-refractivity contribution in [2.75, 3.05) is 39.6 Å². The first-order chi connectivity index (χ1) is 43.1. The van der Waals surface area contributed by atoms with Crippen LogP contribution in [0.5, 0.6) is 0 Å². The second-order valence-corrected chi connectivity index (χ2v) is 28.4. The van der Waals surface area contributed by atoms with Gasteiger partial charge >= 0.3 is 39.5 Å². The minimum Gasteiger partial charge on any atom is -0.462 e. The highest BCUT2D eigenvalue weighted by molar-refractivity contribution is 7.47. The lowest BCUT2D eigenvalue weighted by Crippen LogP contribution is -2.30. The minimum atomic E-state index is -4.95. The number of ether oxygens (including phenoxy) is 4. The van der Waals surface area contributed by atoms with Crippen LogP contribution >= 0.6 is 15.6 Å². The molecule has 0 aliphatic heterocycles. The summed E-state index contributed by atoms with van der Waals surface area (Å²) in [5.41, 5.74) is 0. The van der Waals surface area contributed by atoms with Gasteiger partial charge in [0.05, 0.1) is 26.4 Å². The Kier molecular flexibility index (Phi) is 62.1. The molecule has 0 aromatic heterocycles. The van der Waals surface area contributed by atoms with Crippen LogP contribution in [-0.4, -0.2) is 96.7 Å². The van der Waals surface area contributed by atoms with E-state index >= 15 is 0 Å². The number of unbranched alkanes of at least 4 members (excludes halogenated alkanes) is 41. The summed E-state index contributed by atoms with van der Waals surface area (Å²) in [7, 11) is -9.90. The summed E-state index contributed by atoms with van der Waals surface area (Å²) in [6.07, 6.45) is 49.9. The van der Waals surface area contributed by atoms with Gasteiger partial charge in [-0.1, -0.05) is 311 Å². The summed E-state index contributed by atoms with van der Waals surface area (Å²) in [6, 6.07) is 0. The molecule has 0 spiro atoms. The molecule has 0 aromatic carbocycles. The van der Waals surface area contributed by atoms with Gasteiger partial charge in [0.1, 0.15) is 19.3 Å². The first kappa shape index (κ1) is 87.1. The van der Waals surface area contributed by atoms with Crippen LogP contribution in [0.25, 0.3) is 0 Å². The van der Waals surface area contributed by atoms with E-state index in [1.165, 1.54) is 186 Å². The van der Waals surface area contributed by atoms with Gasteiger partial charge in [-0.2, -0.15) is 0 Å². The molecule has 0 fully saturated rings. The molecule has 0 rings (SSSR count). The van der Waals surface area contributed by atoms with Gasteiger partial charge in [0, 0.05) is 25.7 Å². The van der Waals surface area contributed by atoms with Crippen molar-refractivity contribution in [1.29, 1.82) is 0 Å². The highest BCUT2D eigenvalue weighted by Crippen LogP contribution is 2.45. The number of esters is 4. The molecular formula is C70H136O17P2. The lowest BCUT2D eigenvalue weighted by Gasteiger charge is -2.21. The topological polar surface area (TPSA) is 237 Å². The molecule has 3 N–H and O–H groups in total. The quantitative estimate of drug-likeness (QED) is 0.0222. The van der Waals surface area contributed by atoms with Gasteiger partial charge in [-0.05, 0) is 31.6 Å². The third-order valence-electron chi connectivity index (χ3n) is 16.6. The van der Waals surface area contributed by atoms with Crippen LogP contribution in [0.2, 0.25) is 0 Å². The molecule has 528 valence electrons. The number of rotatable bonds is 70. The van der Waals surface area contributed by atoms with E-state index < -0.39 is 97.5 Å². The number of carbonyl (C=O) groups excluding carboxylic acids is 4. The lowest BCUT2D eigenvalue weighted by molar-refractivity contribution is -0.161. The first-order valence-corrected chi connectivity index (χ1v) is 39.7. The Hall–Kier alpha value is -1.94. The van der Waals surface area contributed by atoms with Crippen molar-refractivity contribution >= 4 is 39.5 Å². The van der Waals surface area contributed by atoms with Gasteiger partial charge in [-0.3, -0.25) is 37.3 Å². The molecule has 0 amide bonds. The molecule has 0 heterocycles. The summed E-state index contributed by atoms with van der Waals surface area (Å²) >= 11 is 0. The van der Waals surface area contributed by atoms with E-state index in [0.717, 1.165) is 95.8 Å². The zero-order valence-electron chi connectivity index (χ0n) is 57.6. The molecule has 0 saturated heterocycles. The monoisotopic (exact) mass is 1310 g/mol. The van der Waals surface area contributed by atoms with Gasteiger partial charge in [-0.25, -0.2) is 9.13 Å². The maximum atomic E-state index is 13.0. The largest absolute Gasteiger partial charge is 0.472 e. The van der Waals surface area contributed by atoms with Crippen molar-refractivity contribution in [1.82, 2.24) is 0 Å². The molecular weight excluding hydrogens is 1170 g/mol. The van der Waals surface area contributed by atoms with E-state index in [4.69, 9.17) is 37.0 Å². The van der Waals surface area contributed by atoms with Gasteiger partial charge < -0.3 is 33.8 Å². The lowest BCUT2D eigenvalue weighted by atomic mass is 10.00. The molecule has 0 aliphatic rings. The smallest absolute Gasteiger partial charge is 0.462 e. The predicted octanol–water partition coefficient (Wildman–Crippen LogP) is 20.1. The van der Waals surface area contributed by atoms with Gasteiger partial charge in [-0.15, -0.1) is 0 Å². The third-order valence-corrected chi connectivity index (χ3v) is 18.5. The third kappa shape index (κ3) is 63.2. The Balaban J connectivity index is 5.24. The summed E-state index contributed by atoms with van der Waals surface area (Å²) in [4.78, 5) is 72.5. The van der Waals surface area contributed by atoms with Gasteiger partial charge in [0.15, 0.2) is 12.2 Å². The summed E-state index contributed by atoms with van der Waals surface area (Å²) in [5.74, 6) is -1.40. The van der Waals surface area contributed by atoms with Crippen LogP contribution in [0.3, 0.4) is 0 Å². The summed E-state index contributed by atoms with van der Waals surface area (Å²) in [6.45, 7) is 7.20. The Morgan fingerprint density at radius 3 is 0.798 bits per heavy atom. The number of hydrogen-bond donors (Lipinski definition) is 3. The van der Waals surface area contributed by atoms with Crippen LogP contribution in [0, 0.1) is 5.92 Å². The Bertz CT molecular complexity index is 1720. The van der Waals surface area contributed by atoms with Crippen molar-refractivity contribution < 1.29 is 80.2 Å². The van der Waals surface area contributed by atoms with E-state index in [1.807, 2.05) is 0 Å². The molecule has 0 bridgehead atoms. The van der Waals surface area contributed by atoms with Crippen LogP contribution in [-0.2, 0) is 65.4 Å². The van der Waals surface area contributed by atoms with Crippen molar-refractivity contribution in [3.05, 3.63) is 0 Å². The number of hydrogen-bond acceptors (Lipinski definition) is 15. The molecule has 0 aromatic rings.